The summed E-state index contributed by atoms with van der Waals surface area (Å²) < 4.78 is 0. The van der Waals surface area contributed by atoms with E-state index in [0.717, 1.165) is 32.4 Å². The van der Waals surface area contributed by atoms with Crippen molar-refractivity contribution in [1.82, 2.24) is 31.9 Å². The average Bonchev–Trinajstić information content (AvgIpc) is 2.70. The molecule has 0 saturated carbocycles. The number of likely N-dealkylation sites (N-methyl/N-ethyl adjacent to an activating group) is 2. The fourth-order valence-electron chi connectivity index (χ4n) is 2.91. The summed E-state index contributed by atoms with van der Waals surface area (Å²) in [5.74, 6) is -0.133. The molecule has 0 heterocycles. The van der Waals surface area contributed by atoms with Crippen molar-refractivity contribution in [3.63, 3.8) is 0 Å². The van der Waals surface area contributed by atoms with E-state index in [4.69, 9.17) is 5.73 Å². The van der Waals surface area contributed by atoms with Crippen molar-refractivity contribution in [1.29, 1.82) is 0 Å². The molecule has 0 aromatic carbocycles. The van der Waals surface area contributed by atoms with Gasteiger partial charge in [0.25, 0.3) is 0 Å². The minimum atomic E-state index is -0.474. The van der Waals surface area contributed by atoms with Crippen LogP contribution in [0.2, 0.25) is 0 Å². The molecule has 9 nitrogen and oxygen atoms in total. The molecule has 166 valence electrons. The molecule has 0 aliphatic carbocycles. The number of hydrogen-bond acceptors (Lipinski definition) is 7. The van der Waals surface area contributed by atoms with Crippen molar-refractivity contribution in [3.05, 3.63) is 0 Å². The van der Waals surface area contributed by atoms with Crippen LogP contribution in [0.5, 0.6) is 0 Å². The fraction of sp³-hybridized carbons (Fsp3) is 0.895. The van der Waals surface area contributed by atoms with E-state index in [2.05, 4.69) is 31.9 Å². The standard InChI is InChI=1S/C19H43N7O2/c1-21-11-5-8-15(23-3)14-26-19(28)17(24-4)10-7-13-25-18(27)16(20)9-6-12-22-2/h15-17,21-24H,5-14,20H2,1-4H3,(H,25,27)(H,26,28)/t15-,16+,17-/m0/s1. The quantitative estimate of drug-likeness (QED) is 0.139. The van der Waals surface area contributed by atoms with E-state index in [-0.39, 0.29) is 23.9 Å². The topological polar surface area (TPSA) is 132 Å². The lowest BCUT2D eigenvalue weighted by atomic mass is 10.1. The van der Waals surface area contributed by atoms with Crippen LogP contribution in [0.25, 0.3) is 0 Å². The summed E-state index contributed by atoms with van der Waals surface area (Å²) in [6.07, 6.45) is 4.96. The summed E-state index contributed by atoms with van der Waals surface area (Å²) in [7, 11) is 7.51. The Morgan fingerprint density at radius 2 is 1.36 bits per heavy atom. The van der Waals surface area contributed by atoms with Crippen LogP contribution < -0.4 is 37.6 Å². The average molecular weight is 402 g/mol. The highest BCUT2D eigenvalue weighted by molar-refractivity contribution is 5.82. The van der Waals surface area contributed by atoms with Crippen LogP contribution in [0.4, 0.5) is 0 Å². The SMILES string of the molecule is CNCCC[C@@H](CNC(=O)[C@H](CCCNC(=O)[C@H](N)CCCNC)NC)NC. The van der Waals surface area contributed by atoms with Crippen molar-refractivity contribution in [2.75, 3.05) is 54.4 Å². The number of nitrogens with two attached hydrogens (primary N) is 1. The predicted molar refractivity (Wildman–Crippen MR) is 115 cm³/mol. The highest BCUT2D eigenvalue weighted by atomic mass is 16.2. The first kappa shape index (κ1) is 26.7. The lowest BCUT2D eigenvalue weighted by Gasteiger charge is -2.20. The van der Waals surface area contributed by atoms with Crippen molar-refractivity contribution in [3.8, 4) is 0 Å². The summed E-state index contributed by atoms with van der Waals surface area (Å²) >= 11 is 0. The molecule has 0 bridgehead atoms. The molecule has 0 unspecified atom stereocenters. The molecule has 0 saturated heterocycles. The molecule has 0 aromatic heterocycles. The van der Waals surface area contributed by atoms with Gasteiger partial charge in [0.2, 0.25) is 11.8 Å². The maximum absolute atomic E-state index is 12.4. The zero-order valence-corrected chi connectivity index (χ0v) is 18.2. The number of nitrogens with one attached hydrogen (secondary N) is 6. The Kier molecular flexibility index (Phi) is 17.0. The summed E-state index contributed by atoms with van der Waals surface area (Å²) in [5.41, 5.74) is 5.87. The molecule has 0 radical (unpaired) electrons. The number of carbonyl (C=O) groups excluding carboxylic acids is 2. The Hall–Kier alpha value is -1.26. The van der Waals surface area contributed by atoms with Crippen molar-refractivity contribution in [2.45, 2.75) is 56.7 Å². The van der Waals surface area contributed by atoms with Gasteiger partial charge in [-0.3, -0.25) is 9.59 Å². The smallest absolute Gasteiger partial charge is 0.237 e. The predicted octanol–water partition coefficient (Wildman–Crippen LogP) is -1.50. The van der Waals surface area contributed by atoms with E-state index < -0.39 is 6.04 Å². The summed E-state index contributed by atoms with van der Waals surface area (Å²) in [4.78, 5) is 24.3. The lowest BCUT2D eigenvalue weighted by molar-refractivity contribution is -0.123. The van der Waals surface area contributed by atoms with Gasteiger partial charge in [-0.15, -0.1) is 0 Å². The van der Waals surface area contributed by atoms with E-state index in [1.165, 1.54) is 0 Å². The summed E-state index contributed by atoms with van der Waals surface area (Å²) in [5, 5.41) is 18.3. The van der Waals surface area contributed by atoms with Crippen molar-refractivity contribution >= 4 is 11.8 Å². The minimum Gasteiger partial charge on any atom is -0.355 e. The van der Waals surface area contributed by atoms with Crippen LogP contribution in [0.1, 0.15) is 38.5 Å². The number of hydrogen-bond donors (Lipinski definition) is 7. The molecule has 0 spiro atoms. The molecule has 0 aliphatic heterocycles. The van der Waals surface area contributed by atoms with E-state index in [9.17, 15) is 9.59 Å². The monoisotopic (exact) mass is 401 g/mol. The summed E-state index contributed by atoms with van der Waals surface area (Å²) in [6, 6.07) is -0.479. The zero-order valence-electron chi connectivity index (χ0n) is 18.2. The first-order valence-corrected chi connectivity index (χ1v) is 10.4. The van der Waals surface area contributed by atoms with Gasteiger partial charge in [-0.05, 0) is 79.8 Å². The van der Waals surface area contributed by atoms with Gasteiger partial charge in [0, 0.05) is 19.1 Å². The highest BCUT2D eigenvalue weighted by Crippen LogP contribution is 1.99. The van der Waals surface area contributed by atoms with Crippen molar-refractivity contribution in [2.24, 2.45) is 5.73 Å². The third-order valence-corrected chi connectivity index (χ3v) is 4.82. The first-order valence-electron chi connectivity index (χ1n) is 10.4. The first-order chi connectivity index (χ1) is 13.5. The van der Waals surface area contributed by atoms with Gasteiger partial charge in [-0.25, -0.2) is 0 Å². The number of amides is 2. The third kappa shape index (κ3) is 13.0. The normalized spacial score (nSPS) is 14.3. The van der Waals surface area contributed by atoms with Gasteiger partial charge in [-0.2, -0.15) is 0 Å². The molecule has 2 amide bonds. The molecule has 28 heavy (non-hydrogen) atoms. The van der Waals surface area contributed by atoms with E-state index in [1.807, 2.05) is 21.1 Å². The van der Waals surface area contributed by atoms with E-state index in [1.54, 1.807) is 7.05 Å². The second-order valence-electron chi connectivity index (χ2n) is 7.10. The van der Waals surface area contributed by atoms with E-state index >= 15 is 0 Å². The van der Waals surface area contributed by atoms with Gasteiger partial charge in [0.1, 0.15) is 0 Å². The van der Waals surface area contributed by atoms with Crippen LogP contribution in [-0.4, -0.2) is 84.3 Å². The van der Waals surface area contributed by atoms with E-state index in [0.29, 0.717) is 32.4 Å². The highest BCUT2D eigenvalue weighted by Gasteiger charge is 2.18. The Balaban J connectivity index is 4.05. The van der Waals surface area contributed by atoms with Gasteiger partial charge in [0.15, 0.2) is 0 Å². The van der Waals surface area contributed by atoms with Crippen LogP contribution >= 0.6 is 0 Å². The molecule has 0 fully saturated rings. The molecular formula is C19H43N7O2. The van der Waals surface area contributed by atoms with Crippen LogP contribution in [0, 0.1) is 0 Å². The molecule has 0 aliphatic rings. The lowest BCUT2D eigenvalue weighted by Crippen LogP contribution is -2.47. The van der Waals surface area contributed by atoms with Gasteiger partial charge < -0.3 is 37.6 Å². The molecule has 3 atom stereocenters. The van der Waals surface area contributed by atoms with Crippen LogP contribution in [-0.2, 0) is 9.59 Å². The molecular weight excluding hydrogens is 358 g/mol. The molecule has 0 rings (SSSR count). The Morgan fingerprint density at radius 3 is 1.93 bits per heavy atom. The van der Waals surface area contributed by atoms with Crippen molar-refractivity contribution < 1.29 is 9.59 Å². The maximum atomic E-state index is 12.4. The van der Waals surface area contributed by atoms with Gasteiger partial charge >= 0.3 is 0 Å². The second-order valence-corrected chi connectivity index (χ2v) is 7.10. The fourth-order valence-corrected chi connectivity index (χ4v) is 2.91. The third-order valence-electron chi connectivity index (χ3n) is 4.82. The van der Waals surface area contributed by atoms with Gasteiger partial charge in [-0.1, -0.05) is 0 Å². The second kappa shape index (κ2) is 17.8. The number of rotatable bonds is 18. The Morgan fingerprint density at radius 1 is 0.750 bits per heavy atom. The van der Waals surface area contributed by atoms with Crippen LogP contribution in [0.15, 0.2) is 0 Å². The zero-order chi connectivity index (χ0) is 21.2. The molecule has 9 heteroatoms. The Labute approximate surface area is 170 Å². The van der Waals surface area contributed by atoms with Crippen LogP contribution in [0.3, 0.4) is 0 Å². The molecule has 8 N–H and O–H groups in total. The Bertz CT molecular complexity index is 410. The number of carbonyl (C=O) groups is 2. The summed E-state index contributed by atoms with van der Waals surface area (Å²) in [6.45, 7) is 2.95. The maximum Gasteiger partial charge on any atom is 0.237 e. The minimum absolute atomic E-state index is 0.00791. The van der Waals surface area contributed by atoms with Gasteiger partial charge in [0.05, 0.1) is 12.1 Å². The molecule has 0 aromatic rings. The largest absolute Gasteiger partial charge is 0.355 e.